The molecule has 0 fully saturated rings. The van der Waals surface area contributed by atoms with Gasteiger partial charge in [0, 0.05) is 12.6 Å². The Labute approximate surface area is 117 Å². The van der Waals surface area contributed by atoms with Gasteiger partial charge in [0.15, 0.2) is 0 Å². The number of hydrogen-bond acceptors (Lipinski definition) is 2. The van der Waals surface area contributed by atoms with Gasteiger partial charge in [-0.05, 0) is 59.6 Å². The molecule has 0 aliphatic heterocycles. The van der Waals surface area contributed by atoms with Crippen LogP contribution >= 0.6 is 15.9 Å². The third-order valence-corrected chi connectivity index (χ3v) is 3.74. The molecule has 0 aliphatic carbocycles. The summed E-state index contributed by atoms with van der Waals surface area (Å²) in [5, 5.41) is 0. The summed E-state index contributed by atoms with van der Waals surface area (Å²) in [6, 6.07) is 5.38. The first kappa shape index (κ1) is 15.6. The molecule has 0 spiro atoms. The summed E-state index contributed by atoms with van der Waals surface area (Å²) >= 11 is 3.20. The highest BCUT2D eigenvalue weighted by Gasteiger charge is 2.09. The number of halogens is 2. The molecule has 1 unspecified atom stereocenters. The summed E-state index contributed by atoms with van der Waals surface area (Å²) < 4.78 is 13.6. The fraction of sp³-hybridized carbons (Fsp3) is 0.571. The monoisotopic (exact) mass is 316 g/mol. The minimum absolute atomic E-state index is 0.219. The number of rotatable bonds is 6. The van der Waals surface area contributed by atoms with Crippen molar-refractivity contribution in [3.63, 3.8) is 0 Å². The lowest BCUT2D eigenvalue weighted by molar-refractivity contribution is 0.296. The highest BCUT2D eigenvalue weighted by molar-refractivity contribution is 9.10. The van der Waals surface area contributed by atoms with Crippen molar-refractivity contribution in [1.29, 1.82) is 0 Å². The molecule has 0 saturated carbocycles. The van der Waals surface area contributed by atoms with Crippen LogP contribution in [0.1, 0.15) is 25.8 Å². The van der Waals surface area contributed by atoms with Gasteiger partial charge in [0.05, 0.1) is 4.47 Å². The molecule has 2 nitrogen and oxygen atoms in total. The predicted molar refractivity (Wildman–Crippen MR) is 77.9 cm³/mol. The summed E-state index contributed by atoms with van der Waals surface area (Å²) in [6.07, 6.45) is 0.983. The molecule has 0 amide bonds. The van der Waals surface area contributed by atoms with E-state index in [1.807, 2.05) is 12.1 Å². The number of benzene rings is 1. The maximum absolute atomic E-state index is 13.1. The van der Waals surface area contributed by atoms with E-state index in [1.165, 1.54) is 6.07 Å². The molecule has 2 N–H and O–H groups in total. The molecule has 1 atom stereocenters. The largest absolute Gasteiger partial charge is 0.327 e. The van der Waals surface area contributed by atoms with E-state index in [0.29, 0.717) is 10.4 Å². The van der Waals surface area contributed by atoms with Gasteiger partial charge < -0.3 is 10.6 Å². The Morgan fingerprint density at radius 1 is 1.39 bits per heavy atom. The highest BCUT2D eigenvalue weighted by Crippen LogP contribution is 2.17. The van der Waals surface area contributed by atoms with E-state index < -0.39 is 0 Å². The van der Waals surface area contributed by atoms with Crippen LogP contribution in [0, 0.1) is 11.7 Å². The average molecular weight is 317 g/mol. The number of hydrogen-bond donors (Lipinski definition) is 1. The molecule has 0 saturated heterocycles. The van der Waals surface area contributed by atoms with E-state index in [1.54, 1.807) is 0 Å². The zero-order chi connectivity index (χ0) is 13.7. The number of nitrogens with two attached hydrogens (primary N) is 1. The van der Waals surface area contributed by atoms with Crippen LogP contribution in [0.4, 0.5) is 4.39 Å². The van der Waals surface area contributed by atoms with Gasteiger partial charge in [-0.3, -0.25) is 0 Å². The van der Waals surface area contributed by atoms with Crippen molar-refractivity contribution >= 4 is 15.9 Å². The minimum Gasteiger partial charge on any atom is -0.327 e. The standard InChI is InChI=1S/C14H22BrFN2/c1-10(2)14(17)6-7-18(3)9-11-4-5-13(16)12(15)8-11/h4-5,8,10,14H,6-7,9,17H2,1-3H3. The Kier molecular flexibility index (Phi) is 6.26. The second kappa shape index (κ2) is 7.22. The van der Waals surface area contributed by atoms with Gasteiger partial charge in [0.1, 0.15) is 5.82 Å². The molecule has 0 aromatic heterocycles. The second-order valence-electron chi connectivity index (χ2n) is 5.18. The van der Waals surface area contributed by atoms with Crippen LogP contribution in [0.3, 0.4) is 0 Å². The smallest absolute Gasteiger partial charge is 0.137 e. The first-order valence-corrected chi connectivity index (χ1v) is 7.07. The van der Waals surface area contributed by atoms with Crippen LogP contribution in [0.15, 0.2) is 22.7 Å². The Morgan fingerprint density at radius 2 is 2.06 bits per heavy atom. The summed E-state index contributed by atoms with van der Waals surface area (Å²) in [5.41, 5.74) is 7.12. The summed E-state index contributed by atoms with van der Waals surface area (Å²) in [6.45, 7) is 6.04. The lowest BCUT2D eigenvalue weighted by Gasteiger charge is -2.21. The zero-order valence-electron chi connectivity index (χ0n) is 11.3. The van der Waals surface area contributed by atoms with Crippen LogP contribution < -0.4 is 5.73 Å². The van der Waals surface area contributed by atoms with Crippen molar-refractivity contribution in [2.75, 3.05) is 13.6 Å². The van der Waals surface area contributed by atoms with Gasteiger partial charge >= 0.3 is 0 Å². The zero-order valence-corrected chi connectivity index (χ0v) is 12.9. The van der Waals surface area contributed by atoms with Gasteiger partial charge in [-0.25, -0.2) is 4.39 Å². The first-order valence-electron chi connectivity index (χ1n) is 6.28. The molecule has 1 aromatic carbocycles. The van der Waals surface area contributed by atoms with E-state index in [-0.39, 0.29) is 11.9 Å². The van der Waals surface area contributed by atoms with Crippen molar-refractivity contribution in [2.45, 2.75) is 32.9 Å². The topological polar surface area (TPSA) is 29.3 Å². The van der Waals surface area contributed by atoms with Crippen molar-refractivity contribution in [1.82, 2.24) is 4.90 Å². The summed E-state index contributed by atoms with van der Waals surface area (Å²) in [4.78, 5) is 2.21. The summed E-state index contributed by atoms with van der Waals surface area (Å²) in [5.74, 6) is 0.293. The van der Waals surface area contributed by atoms with Gasteiger partial charge in [-0.15, -0.1) is 0 Å². The van der Waals surface area contributed by atoms with Gasteiger partial charge in [0.25, 0.3) is 0 Å². The third kappa shape index (κ3) is 5.04. The molecule has 4 heteroatoms. The molecule has 0 heterocycles. The lowest BCUT2D eigenvalue weighted by Crippen LogP contribution is -2.31. The van der Waals surface area contributed by atoms with Crippen LogP contribution in [0.2, 0.25) is 0 Å². The molecule has 1 aromatic rings. The fourth-order valence-electron chi connectivity index (χ4n) is 1.73. The molecular weight excluding hydrogens is 295 g/mol. The maximum atomic E-state index is 13.1. The molecule has 0 aliphatic rings. The SMILES string of the molecule is CC(C)C(N)CCN(C)Cc1ccc(F)c(Br)c1. The van der Waals surface area contributed by atoms with E-state index in [2.05, 4.69) is 41.7 Å². The average Bonchev–Trinajstić information content (AvgIpc) is 2.30. The lowest BCUT2D eigenvalue weighted by atomic mass is 10.0. The van der Waals surface area contributed by atoms with Crippen LogP contribution in [-0.2, 0) is 6.54 Å². The van der Waals surface area contributed by atoms with Crippen molar-refractivity contribution < 1.29 is 4.39 Å². The van der Waals surface area contributed by atoms with Crippen LogP contribution in [0.25, 0.3) is 0 Å². The number of nitrogens with zero attached hydrogens (tertiary/aromatic N) is 1. The molecule has 18 heavy (non-hydrogen) atoms. The first-order chi connectivity index (χ1) is 8.40. The van der Waals surface area contributed by atoms with Gasteiger partial charge in [-0.1, -0.05) is 19.9 Å². The molecule has 102 valence electrons. The van der Waals surface area contributed by atoms with E-state index in [0.717, 1.165) is 25.1 Å². The third-order valence-electron chi connectivity index (χ3n) is 3.14. The van der Waals surface area contributed by atoms with Crippen molar-refractivity contribution in [3.05, 3.63) is 34.1 Å². The Hall–Kier alpha value is -0.450. The fourth-order valence-corrected chi connectivity index (χ4v) is 2.16. The quantitative estimate of drug-likeness (QED) is 0.871. The van der Waals surface area contributed by atoms with Crippen molar-refractivity contribution in [3.8, 4) is 0 Å². The van der Waals surface area contributed by atoms with Gasteiger partial charge in [-0.2, -0.15) is 0 Å². The minimum atomic E-state index is -0.219. The molecule has 0 radical (unpaired) electrons. The second-order valence-corrected chi connectivity index (χ2v) is 6.04. The normalized spacial score (nSPS) is 13.3. The van der Waals surface area contributed by atoms with Crippen LogP contribution in [0.5, 0.6) is 0 Å². The Balaban J connectivity index is 2.44. The Morgan fingerprint density at radius 3 is 2.61 bits per heavy atom. The predicted octanol–water partition coefficient (Wildman–Crippen LogP) is 3.39. The van der Waals surface area contributed by atoms with Gasteiger partial charge in [0.2, 0.25) is 0 Å². The highest BCUT2D eigenvalue weighted by atomic mass is 79.9. The van der Waals surface area contributed by atoms with Crippen molar-refractivity contribution in [2.24, 2.45) is 11.7 Å². The van der Waals surface area contributed by atoms with E-state index in [9.17, 15) is 4.39 Å². The maximum Gasteiger partial charge on any atom is 0.137 e. The van der Waals surface area contributed by atoms with E-state index in [4.69, 9.17) is 5.73 Å². The molecule has 1 rings (SSSR count). The molecular formula is C14H22BrFN2. The van der Waals surface area contributed by atoms with Crippen LogP contribution in [-0.4, -0.2) is 24.5 Å². The summed E-state index contributed by atoms with van der Waals surface area (Å²) in [7, 11) is 2.06. The molecule has 0 bridgehead atoms. The van der Waals surface area contributed by atoms with E-state index >= 15 is 0 Å². The Bertz CT molecular complexity index is 382.